The normalized spacial score (nSPS) is 12.0. The van der Waals surface area contributed by atoms with Crippen molar-refractivity contribution in [3.63, 3.8) is 0 Å². The molecule has 1 aromatic rings. The maximum Gasteiger partial charge on any atom is 0.341 e. The summed E-state index contributed by atoms with van der Waals surface area (Å²) in [5.41, 5.74) is 1.33. The van der Waals surface area contributed by atoms with E-state index in [0.29, 0.717) is 17.2 Å². The van der Waals surface area contributed by atoms with Crippen LogP contribution < -0.4 is 10.6 Å². The number of aryl methyl sites for hydroxylation is 1. The van der Waals surface area contributed by atoms with Crippen LogP contribution in [0.2, 0.25) is 0 Å². The highest BCUT2D eigenvalue weighted by molar-refractivity contribution is 7.16. The highest BCUT2D eigenvalue weighted by atomic mass is 32.1. The lowest BCUT2D eigenvalue weighted by molar-refractivity contribution is -0.115. The molecule has 1 rings (SSSR count). The average Bonchev–Trinajstić information content (AvgIpc) is 2.71. The quantitative estimate of drug-likeness (QED) is 0.760. The van der Waals surface area contributed by atoms with Gasteiger partial charge in [-0.25, -0.2) is 4.79 Å². The van der Waals surface area contributed by atoms with E-state index in [2.05, 4.69) is 17.6 Å². The van der Waals surface area contributed by atoms with Crippen LogP contribution in [-0.4, -0.2) is 31.1 Å². The maximum atomic E-state index is 12.0. The number of anilines is 1. The van der Waals surface area contributed by atoms with E-state index in [4.69, 9.17) is 4.74 Å². The van der Waals surface area contributed by atoms with Crippen LogP contribution in [0.25, 0.3) is 0 Å². The molecule has 5 nitrogen and oxygen atoms in total. The second kappa shape index (κ2) is 8.14. The highest BCUT2D eigenvalue weighted by Crippen LogP contribution is 2.32. The molecule has 0 aliphatic rings. The molecule has 1 amide bonds. The summed E-state index contributed by atoms with van der Waals surface area (Å²) in [4.78, 5) is 25.0. The molecular formula is C15H24N2O3S. The van der Waals surface area contributed by atoms with E-state index in [9.17, 15) is 9.59 Å². The SMILES string of the molecule is CCOC(=O)c1c(NC(=O)CN[C@@H](C)CC)sc(C)c1C. The summed E-state index contributed by atoms with van der Waals surface area (Å²) >= 11 is 1.40. The largest absolute Gasteiger partial charge is 0.462 e. The van der Waals surface area contributed by atoms with Gasteiger partial charge in [0.2, 0.25) is 5.91 Å². The van der Waals surface area contributed by atoms with Crippen molar-refractivity contribution in [3.8, 4) is 0 Å². The number of nitrogens with one attached hydrogen (secondary N) is 2. The van der Waals surface area contributed by atoms with Gasteiger partial charge in [0, 0.05) is 10.9 Å². The zero-order chi connectivity index (χ0) is 16.0. The van der Waals surface area contributed by atoms with Gasteiger partial charge in [-0.15, -0.1) is 11.3 Å². The van der Waals surface area contributed by atoms with E-state index < -0.39 is 0 Å². The van der Waals surface area contributed by atoms with Gasteiger partial charge in [0.25, 0.3) is 0 Å². The Bertz CT molecular complexity index is 511. The van der Waals surface area contributed by atoms with Crippen molar-refractivity contribution in [1.29, 1.82) is 0 Å². The minimum absolute atomic E-state index is 0.151. The Hall–Kier alpha value is -1.40. The van der Waals surface area contributed by atoms with Crippen LogP contribution in [0.4, 0.5) is 5.00 Å². The molecule has 1 aromatic heterocycles. The summed E-state index contributed by atoms with van der Waals surface area (Å²) in [5, 5.41) is 6.50. The summed E-state index contributed by atoms with van der Waals surface area (Å²) in [7, 11) is 0. The fourth-order valence-electron chi connectivity index (χ4n) is 1.75. The zero-order valence-electron chi connectivity index (χ0n) is 13.3. The lowest BCUT2D eigenvalue weighted by Gasteiger charge is -2.11. The van der Waals surface area contributed by atoms with Crippen molar-refractivity contribution in [2.45, 2.75) is 47.1 Å². The van der Waals surface area contributed by atoms with E-state index in [1.807, 2.05) is 20.8 Å². The summed E-state index contributed by atoms with van der Waals surface area (Å²) in [5.74, 6) is -0.536. The van der Waals surface area contributed by atoms with E-state index in [-0.39, 0.29) is 24.5 Å². The number of ether oxygens (including phenoxy) is 1. The fourth-order valence-corrected chi connectivity index (χ4v) is 2.81. The standard InChI is InChI=1S/C15H24N2O3S/c1-6-9(3)16-8-12(18)17-14-13(15(19)20-7-2)10(4)11(5)21-14/h9,16H,6-8H2,1-5H3,(H,17,18)/t9-/m0/s1. The van der Waals surface area contributed by atoms with Crippen molar-refractivity contribution in [2.24, 2.45) is 0 Å². The van der Waals surface area contributed by atoms with Crippen LogP contribution >= 0.6 is 11.3 Å². The Kier molecular flexibility index (Phi) is 6.84. The molecule has 0 unspecified atom stereocenters. The van der Waals surface area contributed by atoms with Gasteiger partial charge >= 0.3 is 5.97 Å². The molecule has 0 radical (unpaired) electrons. The van der Waals surface area contributed by atoms with Crippen LogP contribution in [0, 0.1) is 13.8 Å². The second-order valence-corrected chi connectivity index (χ2v) is 6.17. The Morgan fingerprint density at radius 3 is 2.52 bits per heavy atom. The zero-order valence-corrected chi connectivity index (χ0v) is 14.1. The van der Waals surface area contributed by atoms with E-state index in [0.717, 1.165) is 16.9 Å². The molecule has 21 heavy (non-hydrogen) atoms. The first-order chi connectivity index (χ1) is 9.90. The summed E-state index contributed by atoms with van der Waals surface area (Å²) in [6.45, 7) is 10.2. The van der Waals surface area contributed by atoms with Gasteiger partial charge in [-0.2, -0.15) is 0 Å². The Morgan fingerprint density at radius 1 is 1.29 bits per heavy atom. The van der Waals surface area contributed by atoms with Crippen molar-refractivity contribution in [3.05, 3.63) is 16.0 Å². The number of rotatable bonds is 7. The third-order valence-corrected chi connectivity index (χ3v) is 4.46. The van der Waals surface area contributed by atoms with Crippen LogP contribution in [-0.2, 0) is 9.53 Å². The molecule has 2 N–H and O–H groups in total. The lowest BCUT2D eigenvalue weighted by atomic mass is 10.1. The smallest absolute Gasteiger partial charge is 0.341 e. The number of thiophene rings is 1. The van der Waals surface area contributed by atoms with Gasteiger partial charge in [-0.1, -0.05) is 6.92 Å². The lowest BCUT2D eigenvalue weighted by Crippen LogP contribution is -2.34. The molecule has 118 valence electrons. The monoisotopic (exact) mass is 312 g/mol. The molecule has 0 saturated heterocycles. The number of hydrogen-bond donors (Lipinski definition) is 2. The van der Waals surface area contributed by atoms with Gasteiger partial charge in [0.05, 0.1) is 18.7 Å². The van der Waals surface area contributed by atoms with Gasteiger partial charge in [0.15, 0.2) is 0 Å². The summed E-state index contributed by atoms with van der Waals surface area (Å²) in [6.07, 6.45) is 0.957. The molecular weight excluding hydrogens is 288 g/mol. The van der Waals surface area contributed by atoms with Crippen LogP contribution in [0.1, 0.15) is 48.0 Å². The molecule has 6 heteroatoms. The molecule has 0 aliphatic heterocycles. The molecule has 0 fully saturated rings. The van der Waals surface area contributed by atoms with Crippen LogP contribution in [0.3, 0.4) is 0 Å². The third kappa shape index (κ3) is 4.82. The molecule has 1 atom stereocenters. The van der Waals surface area contributed by atoms with Crippen LogP contribution in [0.5, 0.6) is 0 Å². The number of esters is 1. The molecule has 0 spiro atoms. The Morgan fingerprint density at radius 2 is 1.95 bits per heavy atom. The minimum atomic E-state index is -0.385. The molecule has 0 bridgehead atoms. The van der Waals surface area contributed by atoms with E-state index in [1.165, 1.54) is 11.3 Å². The predicted molar refractivity (Wildman–Crippen MR) is 86.1 cm³/mol. The van der Waals surface area contributed by atoms with Crippen molar-refractivity contribution in [2.75, 3.05) is 18.5 Å². The average molecular weight is 312 g/mol. The number of carbonyl (C=O) groups is 2. The van der Waals surface area contributed by atoms with Gasteiger partial charge in [-0.3, -0.25) is 4.79 Å². The predicted octanol–water partition coefficient (Wildman–Crippen LogP) is 2.87. The molecule has 0 aliphatic carbocycles. The van der Waals surface area contributed by atoms with E-state index >= 15 is 0 Å². The van der Waals surface area contributed by atoms with Crippen molar-refractivity contribution < 1.29 is 14.3 Å². The third-order valence-electron chi connectivity index (χ3n) is 3.34. The maximum absolute atomic E-state index is 12.0. The van der Waals surface area contributed by atoms with E-state index in [1.54, 1.807) is 6.92 Å². The number of carbonyl (C=O) groups excluding carboxylic acids is 2. The molecule has 0 aromatic carbocycles. The topological polar surface area (TPSA) is 67.4 Å². The first-order valence-corrected chi connectivity index (χ1v) is 8.02. The first-order valence-electron chi connectivity index (χ1n) is 7.20. The Balaban J connectivity index is 2.81. The molecule has 0 saturated carbocycles. The first kappa shape index (κ1) is 17.7. The number of hydrogen-bond acceptors (Lipinski definition) is 5. The van der Waals surface area contributed by atoms with Gasteiger partial charge < -0.3 is 15.4 Å². The minimum Gasteiger partial charge on any atom is -0.462 e. The highest BCUT2D eigenvalue weighted by Gasteiger charge is 2.21. The van der Waals surface area contributed by atoms with Gasteiger partial charge in [-0.05, 0) is 39.7 Å². The Labute approximate surface area is 130 Å². The van der Waals surface area contributed by atoms with Crippen molar-refractivity contribution >= 4 is 28.2 Å². The summed E-state index contributed by atoms with van der Waals surface area (Å²) < 4.78 is 5.06. The van der Waals surface area contributed by atoms with Crippen LogP contribution in [0.15, 0.2) is 0 Å². The molecule has 1 heterocycles. The van der Waals surface area contributed by atoms with Crippen molar-refractivity contribution in [1.82, 2.24) is 5.32 Å². The fraction of sp³-hybridized carbons (Fsp3) is 0.600. The second-order valence-electron chi connectivity index (χ2n) is 4.95. The summed E-state index contributed by atoms with van der Waals surface area (Å²) in [6, 6.07) is 0.284. The van der Waals surface area contributed by atoms with Gasteiger partial charge in [0.1, 0.15) is 5.00 Å². The number of amides is 1.